The lowest BCUT2D eigenvalue weighted by molar-refractivity contribution is -0.142. The first-order valence-corrected chi connectivity index (χ1v) is 5.70. The van der Waals surface area contributed by atoms with Crippen LogP contribution < -0.4 is 0 Å². The lowest BCUT2D eigenvalue weighted by atomic mass is 10.3. The first kappa shape index (κ1) is 16.4. The van der Waals surface area contributed by atoms with Crippen LogP contribution in [0.3, 0.4) is 0 Å². The molecule has 1 rings (SSSR count). The SMILES string of the molecule is CC(=O)N(CCCN1CCOCC1)C(C)=O.Cl. The summed E-state index contributed by atoms with van der Waals surface area (Å²) in [5.74, 6) is -0.344. The molecule has 0 aliphatic carbocycles. The number of morpholine rings is 1. The molecule has 0 aromatic rings. The summed E-state index contributed by atoms with van der Waals surface area (Å²) in [6.45, 7) is 7.74. The molecule has 0 atom stereocenters. The molecule has 0 aromatic heterocycles. The second-order valence-corrected chi connectivity index (χ2v) is 4.00. The van der Waals surface area contributed by atoms with Crippen molar-refractivity contribution in [3.8, 4) is 0 Å². The number of carbonyl (C=O) groups is 2. The smallest absolute Gasteiger partial charge is 0.226 e. The van der Waals surface area contributed by atoms with E-state index in [-0.39, 0.29) is 24.2 Å². The van der Waals surface area contributed by atoms with Crippen molar-refractivity contribution in [1.82, 2.24) is 9.80 Å². The van der Waals surface area contributed by atoms with Gasteiger partial charge >= 0.3 is 0 Å². The number of carbonyl (C=O) groups excluding carboxylic acids is 2. The molecule has 2 amide bonds. The van der Waals surface area contributed by atoms with Gasteiger partial charge in [-0.25, -0.2) is 0 Å². The van der Waals surface area contributed by atoms with Crippen molar-refractivity contribution in [2.75, 3.05) is 39.4 Å². The average molecular weight is 265 g/mol. The van der Waals surface area contributed by atoms with Gasteiger partial charge in [-0.05, 0) is 6.42 Å². The molecule has 0 saturated carbocycles. The van der Waals surface area contributed by atoms with E-state index in [4.69, 9.17) is 4.74 Å². The van der Waals surface area contributed by atoms with Crippen molar-refractivity contribution in [3.05, 3.63) is 0 Å². The lowest BCUT2D eigenvalue weighted by Crippen LogP contribution is -2.39. The number of ether oxygens (including phenoxy) is 1. The Morgan fingerprint density at radius 2 is 1.71 bits per heavy atom. The Morgan fingerprint density at radius 3 is 2.18 bits per heavy atom. The Bertz CT molecular complexity index is 241. The molecular weight excluding hydrogens is 244 g/mol. The van der Waals surface area contributed by atoms with Crippen LogP contribution in [0.1, 0.15) is 20.3 Å². The van der Waals surface area contributed by atoms with Crippen molar-refractivity contribution in [3.63, 3.8) is 0 Å². The quantitative estimate of drug-likeness (QED) is 0.743. The van der Waals surface area contributed by atoms with Crippen LogP contribution in [0, 0.1) is 0 Å². The van der Waals surface area contributed by atoms with Crippen LogP contribution in [0.25, 0.3) is 0 Å². The maximum absolute atomic E-state index is 11.1. The van der Waals surface area contributed by atoms with E-state index in [9.17, 15) is 9.59 Å². The number of rotatable bonds is 4. The summed E-state index contributed by atoms with van der Waals surface area (Å²) in [5.41, 5.74) is 0. The Balaban J connectivity index is 0.00000256. The van der Waals surface area contributed by atoms with Gasteiger partial charge in [0.05, 0.1) is 13.2 Å². The molecule has 1 saturated heterocycles. The fourth-order valence-electron chi connectivity index (χ4n) is 1.81. The zero-order valence-corrected chi connectivity index (χ0v) is 11.3. The minimum atomic E-state index is -0.172. The van der Waals surface area contributed by atoms with E-state index in [0.717, 1.165) is 39.3 Å². The first-order valence-electron chi connectivity index (χ1n) is 5.70. The van der Waals surface area contributed by atoms with E-state index in [1.165, 1.54) is 18.7 Å². The highest BCUT2D eigenvalue weighted by Crippen LogP contribution is 2.00. The van der Waals surface area contributed by atoms with Gasteiger partial charge in [0.1, 0.15) is 0 Å². The minimum Gasteiger partial charge on any atom is -0.379 e. The van der Waals surface area contributed by atoms with Crippen molar-refractivity contribution in [2.45, 2.75) is 20.3 Å². The lowest BCUT2D eigenvalue weighted by Gasteiger charge is -2.27. The van der Waals surface area contributed by atoms with Crippen LogP contribution in [-0.2, 0) is 14.3 Å². The Labute approximate surface area is 108 Å². The van der Waals surface area contributed by atoms with Crippen LogP contribution in [0.15, 0.2) is 0 Å². The fraction of sp³-hybridized carbons (Fsp3) is 0.818. The summed E-state index contributed by atoms with van der Waals surface area (Å²) in [6, 6.07) is 0. The molecule has 0 spiro atoms. The molecule has 1 aliphatic rings. The molecule has 0 radical (unpaired) electrons. The summed E-state index contributed by atoms with van der Waals surface area (Å²) in [5, 5.41) is 0. The van der Waals surface area contributed by atoms with Gasteiger partial charge < -0.3 is 4.74 Å². The van der Waals surface area contributed by atoms with Crippen LogP contribution in [0.5, 0.6) is 0 Å². The largest absolute Gasteiger partial charge is 0.379 e. The summed E-state index contributed by atoms with van der Waals surface area (Å²) >= 11 is 0. The Morgan fingerprint density at radius 1 is 1.18 bits per heavy atom. The highest BCUT2D eigenvalue weighted by Gasteiger charge is 2.14. The van der Waals surface area contributed by atoms with Crippen molar-refractivity contribution in [2.24, 2.45) is 0 Å². The van der Waals surface area contributed by atoms with Gasteiger partial charge in [0.2, 0.25) is 11.8 Å². The topological polar surface area (TPSA) is 49.9 Å². The zero-order chi connectivity index (χ0) is 12.0. The number of hydrogen-bond acceptors (Lipinski definition) is 4. The molecule has 100 valence electrons. The van der Waals surface area contributed by atoms with E-state index in [1.54, 1.807) is 0 Å². The molecule has 1 fully saturated rings. The molecule has 0 bridgehead atoms. The number of imide groups is 1. The number of amides is 2. The standard InChI is InChI=1S/C11H20N2O3.ClH/c1-10(14)13(11(2)15)5-3-4-12-6-8-16-9-7-12;/h3-9H2,1-2H3;1H. The molecule has 6 heteroatoms. The highest BCUT2D eigenvalue weighted by molar-refractivity contribution is 5.92. The molecule has 1 aliphatic heterocycles. The van der Waals surface area contributed by atoms with E-state index < -0.39 is 0 Å². The minimum absolute atomic E-state index is 0. The highest BCUT2D eigenvalue weighted by atomic mass is 35.5. The zero-order valence-electron chi connectivity index (χ0n) is 10.5. The fourth-order valence-corrected chi connectivity index (χ4v) is 1.81. The van der Waals surface area contributed by atoms with Crippen molar-refractivity contribution >= 4 is 24.2 Å². The van der Waals surface area contributed by atoms with Gasteiger partial charge in [-0.3, -0.25) is 19.4 Å². The normalized spacial score (nSPS) is 16.1. The second kappa shape index (κ2) is 8.44. The third-order valence-corrected chi connectivity index (χ3v) is 2.72. The monoisotopic (exact) mass is 264 g/mol. The summed E-state index contributed by atoms with van der Waals surface area (Å²) in [4.78, 5) is 25.9. The van der Waals surface area contributed by atoms with Crippen LogP contribution >= 0.6 is 12.4 Å². The molecule has 5 nitrogen and oxygen atoms in total. The number of halogens is 1. The van der Waals surface area contributed by atoms with Gasteiger partial charge in [-0.15, -0.1) is 12.4 Å². The van der Waals surface area contributed by atoms with Crippen LogP contribution in [0.4, 0.5) is 0 Å². The van der Waals surface area contributed by atoms with Crippen LogP contribution in [-0.4, -0.2) is 61.0 Å². The van der Waals surface area contributed by atoms with Gasteiger partial charge in [0.15, 0.2) is 0 Å². The third-order valence-electron chi connectivity index (χ3n) is 2.72. The first-order chi connectivity index (χ1) is 7.61. The maximum atomic E-state index is 11.1. The molecule has 0 N–H and O–H groups in total. The van der Waals surface area contributed by atoms with E-state index >= 15 is 0 Å². The van der Waals surface area contributed by atoms with Gasteiger partial charge in [0, 0.05) is 40.0 Å². The molecule has 1 heterocycles. The number of hydrogen-bond donors (Lipinski definition) is 0. The predicted molar refractivity (Wildman–Crippen MR) is 67.2 cm³/mol. The average Bonchev–Trinajstić information content (AvgIpc) is 2.24. The third kappa shape index (κ3) is 6.00. The van der Waals surface area contributed by atoms with E-state index in [0.29, 0.717) is 6.54 Å². The van der Waals surface area contributed by atoms with Crippen molar-refractivity contribution < 1.29 is 14.3 Å². The van der Waals surface area contributed by atoms with Gasteiger partial charge in [0.25, 0.3) is 0 Å². The maximum Gasteiger partial charge on any atom is 0.226 e. The molecule has 0 unspecified atom stereocenters. The van der Waals surface area contributed by atoms with Crippen LogP contribution in [0.2, 0.25) is 0 Å². The van der Waals surface area contributed by atoms with E-state index in [1.807, 2.05) is 0 Å². The molecule has 17 heavy (non-hydrogen) atoms. The second-order valence-electron chi connectivity index (χ2n) is 4.00. The molecular formula is C11H21ClN2O3. The Kier molecular flexibility index (Phi) is 8.12. The van der Waals surface area contributed by atoms with Gasteiger partial charge in [-0.2, -0.15) is 0 Å². The summed E-state index contributed by atoms with van der Waals surface area (Å²) < 4.78 is 5.24. The Hall–Kier alpha value is -0.650. The van der Waals surface area contributed by atoms with E-state index in [2.05, 4.69) is 4.90 Å². The number of nitrogens with zero attached hydrogens (tertiary/aromatic N) is 2. The van der Waals surface area contributed by atoms with Gasteiger partial charge in [-0.1, -0.05) is 0 Å². The summed E-state index contributed by atoms with van der Waals surface area (Å²) in [7, 11) is 0. The molecule has 0 aromatic carbocycles. The predicted octanol–water partition coefficient (Wildman–Crippen LogP) is 0.525. The summed E-state index contributed by atoms with van der Waals surface area (Å²) in [6.07, 6.45) is 0.832. The van der Waals surface area contributed by atoms with Crippen molar-refractivity contribution in [1.29, 1.82) is 0 Å².